The van der Waals surface area contributed by atoms with Crippen LogP contribution in [0, 0.1) is 0 Å². The molecule has 0 N–H and O–H groups in total. The van der Waals surface area contributed by atoms with Crippen LogP contribution in [0.1, 0.15) is 39.0 Å². The average molecular weight is 452 g/mol. The van der Waals surface area contributed by atoms with E-state index in [9.17, 15) is 4.79 Å². The molecule has 0 radical (unpaired) electrons. The second-order valence-corrected chi connectivity index (χ2v) is 7.89. The Kier molecular flexibility index (Phi) is 7.12. The van der Waals surface area contributed by atoms with Crippen molar-refractivity contribution < 1.29 is 23.7 Å². The van der Waals surface area contributed by atoms with Gasteiger partial charge in [-0.05, 0) is 62.9 Å². The van der Waals surface area contributed by atoms with Crippen LogP contribution < -0.4 is 19.1 Å². The summed E-state index contributed by atoms with van der Waals surface area (Å²) in [4.78, 5) is 22.9. The molecule has 0 aliphatic heterocycles. The average Bonchev–Trinajstić information content (AvgIpc) is 2.85. The molecule has 0 bridgehead atoms. The van der Waals surface area contributed by atoms with Crippen molar-refractivity contribution in [2.45, 2.75) is 45.1 Å². The van der Waals surface area contributed by atoms with Gasteiger partial charge in [-0.1, -0.05) is 6.42 Å². The van der Waals surface area contributed by atoms with E-state index < -0.39 is 0 Å². The minimum Gasteiger partial charge on any atom is -0.493 e. The smallest absolute Gasteiger partial charge is 0.414 e. The lowest BCUT2D eigenvalue weighted by Gasteiger charge is -2.26. The molecule has 0 atom stereocenters. The number of anilines is 1. The number of rotatable bonds is 7. The van der Waals surface area contributed by atoms with E-state index in [1.807, 2.05) is 19.1 Å². The number of carbonyl (C=O) groups is 1. The summed E-state index contributed by atoms with van der Waals surface area (Å²) in [5, 5.41) is 0.700. The zero-order valence-electron chi connectivity index (χ0n) is 19.2. The first-order valence-corrected chi connectivity index (χ1v) is 11.3. The minimum absolute atomic E-state index is 0.0181. The summed E-state index contributed by atoms with van der Waals surface area (Å²) < 4.78 is 22.5. The third kappa shape index (κ3) is 5.10. The fraction of sp³-hybridized carbons (Fsp3) is 0.400. The Morgan fingerprint density at radius 2 is 1.70 bits per heavy atom. The maximum absolute atomic E-state index is 12.7. The largest absolute Gasteiger partial charge is 0.493 e. The van der Waals surface area contributed by atoms with Gasteiger partial charge < -0.3 is 18.9 Å². The van der Waals surface area contributed by atoms with Crippen molar-refractivity contribution in [2.24, 2.45) is 0 Å². The lowest BCUT2D eigenvalue weighted by Crippen LogP contribution is -2.34. The molecule has 1 amide bonds. The number of hydrogen-bond donors (Lipinski definition) is 0. The third-order valence-corrected chi connectivity index (χ3v) is 5.82. The van der Waals surface area contributed by atoms with Gasteiger partial charge in [0.15, 0.2) is 11.5 Å². The first-order valence-electron chi connectivity index (χ1n) is 11.3. The van der Waals surface area contributed by atoms with Gasteiger partial charge in [0.05, 0.1) is 25.1 Å². The number of fused-ring (bicyclic) bond motifs is 1. The van der Waals surface area contributed by atoms with Crippen LogP contribution in [0.4, 0.5) is 10.5 Å². The second kappa shape index (κ2) is 10.4. The van der Waals surface area contributed by atoms with Crippen LogP contribution in [0.3, 0.4) is 0 Å². The highest BCUT2D eigenvalue weighted by Gasteiger charge is 2.22. The molecule has 3 aromatic rings. The third-order valence-electron chi connectivity index (χ3n) is 5.82. The minimum atomic E-state index is -0.305. The van der Waals surface area contributed by atoms with Gasteiger partial charge in [-0.25, -0.2) is 14.8 Å². The van der Waals surface area contributed by atoms with Crippen molar-refractivity contribution >= 4 is 22.7 Å². The molecule has 174 valence electrons. The van der Waals surface area contributed by atoms with Crippen molar-refractivity contribution in [3.63, 3.8) is 0 Å². The summed E-state index contributed by atoms with van der Waals surface area (Å²) >= 11 is 0. The number of methoxy groups -OCH3 is 2. The van der Waals surface area contributed by atoms with Crippen molar-refractivity contribution in [3.8, 4) is 23.1 Å². The summed E-state index contributed by atoms with van der Waals surface area (Å²) in [5.74, 6) is 2.14. The molecule has 1 aliphatic carbocycles. The molecule has 4 rings (SSSR count). The standard InChI is InChI=1S/C25H29N3O5/c1-4-28(25(29)33-18-8-6-5-7-9-18)17-10-12-19(13-11-17)32-24-20-14-22(30-2)23(31-3)15-21(20)26-16-27-24/h10-16,18H,4-9H2,1-3H3. The number of amides is 1. The molecule has 8 heteroatoms. The molecule has 1 aliphatic rings. The molecule has 1 saturated carbocycles. The first-order chi connectivity index (χ1) is 16.1. The van der Waals surface area contributed by atoms with E-state index in [0.717, 1.165) is 31.4 Å². The number of ether oxygens (including phenoxy) is 4. The van der Waals surface area contributed by atoms with Gasteiger partial charge in [-0.2, -0.15) is 0 Å². The van der Waals surface area contributed by atoms with Crippen LogP contribution in [-0.4, -0.2) is 42.9 Å². The van der Waals surface area contributed by atoms with Crippen LogP contribution in [-0.2, 0) is 4.74 Å². The molecule has 1 heterocycles. The van der Waals surface area contributed by atoms with Gasteiger partial charge in [-0.15, -0.1) is 0 Å². The lowest BCUT2D eigenvalue weighted by molar-refractivity contribution is 0.0810. The lowest BCUT2D eigenvalue weighted by atomic mass is 9.98. The predicted molar refractivity (Wildman–Crippen MR) is 126 cm³/mol. The Hall–Kier alpha value is -3.55. The van der Waals surface area contributed by atoms with Gasteiger partial charge in [0.1, 0.15) is 18.2 Å². The zero-order chi connectivity index (χ0) is 23.2. The fourth-order valence-corrected chi connectivity index (χ4v) is 4.05. The van der Waals surface area contributed by atoms with Gasteiger partial charge in [-0.3, -0.25) is 4.90 Å². The van der Waals surface area contributed by atoms with Crippen molar-refractivity contribution in [1.29, 1.82) is 0 Å². The quantitative estimate of drug-likeness (QED) is 0.453. The van der Waals surface area contributed by atoms with Crippen molar-refractivity contribution in [2.75, 3.05) is 25.7 Å². The van der Waals surface area contributed by atoms with Crippen LogP contribution in [0.25, 0.3) is 10.9 Å². The predicted octanol–water partition coefficient (Wildman–Crippen LogP) is 5.73. The maximum Gasteiger partial charge on any atom is 0.414 e. The van der Waals surface area contributed by atoms with Crippen LogP contribution in [0.15, 0.2) is 42.7 Å². The summed E-state index contributed by atoms with van der Waals surface area (Å²) in [6.07, 6.45) is 6.50. The molecule has 33 heavy (non-hydrogen) atoms. The van der Waals surface area contributed by atoms with E-state index in [1.54, 1.807) is 43.4 Å². The van der Waals surface area contributed by atoms with Crippen molar-refractivity contribution in [1.82, 2.24) is 9.97 Å². The number of hydrogen-bond acceptors (Lipinski definition) is 7. The van der Waals surface area contributed by atoms with E-state index in [0.29, 0.717) is 40.6 Å². The van der Waals surface area contributed by atoms with E-state index in [-0.39, 0.29) is 12.2 Å². The number of nitrogens with zero attached hydrogens (tertiary/aromatic N) is 3. The van der Waals surface area contributed by atoms with Crippen LogP contribution in [0.2, 0.25) is 0 Å². The Balaban J connectivity index is 1.51. The van der Waals surface area contributed by atoms with E-state index in [2.05, 4.69) is 9.97 Å². The highest BCUT2D eigenvalue weighted by atomic mass is 16.6. The summed E-state index contributed by atoms with van der Waals surface area (Å²) in [6, 6.07) is 10.9. The highest BCUT2D eigenvalue weighted by Crippen LogP contribution is 2.36. The normalized spacial score (nSPS) is 14.0. The summed E-state index contributed by atoms with van der Waals surface area (Å²) in [5.41, 5.74) is 1.43. The number of benzene rings is 2. The van der Waals surface area contributed by atoms with E-state index in [4.69, 9.17) is 18.9 Å². The molecule has 0 spiro atoms. The number of carbonyl (C=O) groups excluding carboxylic acids is 1. The first kappa shape index (κ1) is 22.6. The molecule has 1 fully saturated rings. The van der Waals surface area contributed by atoms with Crippen LogP contribution in [0.5, 0.6) is 23.1 Å². The Morgan fingerprint density at radius 3 is 2.36 bits per heavy atom. The zero-order valence-corrected chi connectivity index (χ0v) is 19.2. The summed E-state index contributed by atoms with van der Waals surface area (Å²) in [6.45, 7) is 2.45. The van der Waals surface area contributed by atoms with Gasteiger partial charge in [0, 0.05) is 18.3 Å². The Labute approximate surface area is 193 Å². The van der Waals surface area contributed by atoms with E-state index >= 15 is 0 Å². The summed E-state index contributed by atoms with van der Waals surface area (Å²) in [7, 11) is 3.15. The highest BCUT2D eigenvalue weighted by molar-refractivity contribution is 5.88. The molecular weight excluding hydrogens is 422 g/mol. The van der Waals surface area contributed by atoms with Gasteiger partial charge in [0.25, 0.3) is 0 Å². The SMILES string of the molecule is CCN(C(=O)OC1CCCCC1)c1ccc(Oc2ncnc3cc(OC)c(OC)cc23)cc1. The Bertz CT molecular complexity index is 1100. The fourth-order valence-electron chi connectivity index (χ4n) is 4.05. The topological polar surface area (TPSA) is 83.0 Å². The van der Waals surface area contributed by atoms with E-state index in [1.165, 1.54) is 12.7 Å². The molecule has 0 saturated heterocycles. The second-order valence-electron chi connectivity index (χ2n) is 7.89. The molecule has 2 aromatic carbocycles. The van der Waals surface area contributed by atoms with Gasteiger partial charge >= 0.3 is 6.09 Å². The molecule has 0 unspecified atom stereocenters. The monoisotopic (exact) mass is 451 g/mol. The van der Waals surface area contributed by atoms with Gasteiger partial charge in [0.2, 0.25) is 5.88 Å². The maximum atomic E-state index is 12.7. The van der Waals surface area contributed by atoms with Crippen molar-refractivity contribution in [3.05, 3.63) is 42.7 Å². The molecule has 1 aromatic heterocycles. The molecule has 8 nitrogen and oxygen atoms in total. The molecular formula is C25H29N3O5. The van der Waals surface area contributed by atoms with Crippen LogP contribution >= 0.6 is 0 Å². The Morgan fingerprint density at radius 1 is 1.00 bits per heavy atom. The number of aromatic nitrogens is 2.